The molecule has 0 aliphatic heterocycles. The van der Waals surface area contributed by atoms with Gasteiger partial charge in [-0.15, -0.1) is 0 Å². The summed E-state index contributed by atoms with van der Waals surface area (Å²) >= 11 is 0. The third kappa shape index (κ3) is 3.93. The molecule has 4 heteroatoms. The van der Waals surface area contributed by atoms with Crippen LogP contribution in [0.5, 0.6) is 11.5 Å². The van der Waals surface area contributed by atoms with Crippen molar-refractivity contribution in [1.82, 2.24) is 9.97 Å². The first-order valence-electron chi connectivity index (χ1n) is 11.8. The molecule has 2 heterocycles. The SMILES string of the molecule is COc1ccc(-c2ccc3ccc4c(-c5ccccc5)cc(-c5ccc(OC)cc5)nc4c3n2)cc1. The number of nitrogens with zero attached hydrogens (tertiary/aromatic N) is 2. The summed E-state index contributed by atoms with van der Waals surface area (Å²) in [6.07, 6.45) is 0. The van der Waals surface area contributed by atoms with Gasteiger partial charge in [0.05, 0.1) is 36.6 Å². The maximum atomic E-state index is 5.36. The topological polar surface area (TPSA) is 44.2 Å². The zero-order valence-electron chi connectivity index (χ0n) is 20.1. The number of hydrogen-bond donors (Lipinski definition) is 0. The number of ether oxygens (including phenoxy) is 2. The van der Waals surface area contributed by atoms with E-state index in [0.29, 0.717) is 0 Å². The zero-order valence-corrected chi connectivity index (χ0v) is 20.1. The zero-order chi connectivity index (χ0) is 24.5. The molecule has 0 amide bonds. The summed E-state index contributed by atoms with van der Waals surface area (Å²) in [7, 11) is 3.35. The van der Waals surface area contributed by atoms with E-state index in [9.17, 15) is 0 Å². The second kappa shape index (κ2) is 9.16. The van der Waals surface area contributed by atoms with Crippen LogP contribution in [0.4, 0.5) is 0 Å². The minimum atomic E-state index is 0.819. The fourth-order valence-electron chi connectivity index (χ4n) is 4.56. The van der Waals surface area contributed by atoms with Gasteiger partial charge in [0.1, 0.15) is 11.5 Å². The van der Waals surface area contributed by atoms with E-state index >= 15 is 0 Å². The van der Waals surface area contributed by atoms with Crippen LogP contribution in [0.15, 0.2) is 109 Å². The molecule has 0 radical (unpaired) electrons. The minimum absolute atomic E-state index is 0.819. The molecule has 0 atom stereocenters. The predicted octanol–water partition coefficient (Wildman–Crippen LogP) is 7.80. The van der Waals surface area contributed by atoms with Crippen LogP contribution in [0.25, 0.3) is 55.4 Å². The lowest BCUT2D eigenvalue weighted by Crippen LogP contribution is -1.94. The van der Waals surface area contributed by atoms with E-state index in [1.54, 1.807) is 14.2 Å². The molecule has 6 aromatic rings. The molecule has 0 saturated carbocycles. The van der Waals surface area contributed by atoms with Gasteiger partial charge < -0.3 is 9.47 Å². The Morgan fingerprint density at radius 2 is 1.08 bits per heavy atom. The van der Waals surface area contributed by atoms with Crippen molar-refractivity contribution in [3.8, 4) is 45.1 Å². The van der Waals surface area contributed by atoms with Crippen molar-refractivity contribution in [2.75, 3.05) is 14.2 Å². The van der Waals surface area contributed by atoms with Gasteiger partial charge in [-0.1, -0.05) is 48.5 Å². The predicted molar refractivity (Wildman–Crippen MR) is 146 cm³/mol. The molecule has 0 fully saturated rings. The molecule has 36 heavy (non-hydrogen) atoms. The normalized spacial score (nSPS) is 11.1. The van der Waals surface area contributed by atoms with E-state index in [0.717, 1.165) is 66.9 Å². The molecule has 4 nitrogen and oxygen atoms in total. The molecule has 6 rings (SSSR count). The number of hydrogen-bond acceptors (Lipinski definition) is 4. The highest BCUT2D eigenvalue weighted by Crippen LogP contribution is 2.36. The molecule has 0 unspecified atom stereocenters. The molecule has 0 aliphatic rings. The molecule has 4 aromatic carbocycles. The Hall–Kier alpha value is -4.70. The molecule has 0 bridgehead atoms. The summed E-state index contributed by atoms with van der Waals surface area (Å²) in [4.78, 5) is 10.3. The van der Waals surface area contributed by atoms with Crippen molar-refractivity contribution < 1.29 is 9.47 Å². The van der Waals surface area contributed by atoms with Gasteiger partial charge in [-0.05, 0) is 71.8 Å². The summed E-state index contributed by atoms with van der Waals surface area (Å²) in [6, 6.07) is 37.1. The van der Waals surface area contributed by atoms with Gasteiger partial charge in [0.2, 0.25) is 0 Å². The summed E-state index contributed by atoms with van der Waals surface area (Å²) in [5, 5.41) is 2.13. The number of pyridine rings is 2. The smallest absolute Gasteiger partial charge is 0.118 e. The van der Waals surface area contributed by atoms with Crippen LogP contribution in [0.3, 0.4) is 0 Å². The van der Waals surface area contributed by atoms with E-state index in [-0.39, 0.29) is 0 Å². The highest BCUT2D eigenvalue weighted by Gasteiger charge is 2.14. The number of fused-ring (bicyclic) bond motifs is 3. The first-order valence-corrected chi connectivity index (χ1v) is 11.8. The molecule has 2 aromatic heterocycles. The lowest BCUT2D eigenvalue weighted by molar-refractivity contribution is 0.415. The van der Waals surface area contributed by atoms with E-state index < -0.39 is 0 Å². The molecular formula is C32H24N2O2. The highest BCUT2D eigenvalue weighted by molar-refractivity contribution is 6.09. The van der Waals surface area contributed by atoms with E-state index in [4.69, 9.17) is 19.4 Å². The van der Waals surface area contributed by atoms with E-state index in [1.807, 2.05) is 54.6 Å². The highest BCUT2D eigenvalue weighted by atomic mass is 16.5. The fourth-order valence-corrected chi connectivity index (χ4v) is 4.56. The molecule has 0 N–H and O–H groups in total. The first-order chi connectivity index (χ1) is 17.7. The molecule has 0 spiro atoms. The largest absolute Gasteiger partial charge is 0.497 e. The Bertz CT molecular complexity index is 1680. The first kappa shape index (κ1) is 21.8. The van der Waals surface area contributed by atoms with Gasteiger partial charge in [-0.25, -0.2) is 9.97 Å². The van der Waals surface area contributed by atoms with Crippen LogP contribution < -0.4 is 9.47 Å². The summed E-state index contributed by atoms with van der Waals surface area (Å²) in [5.74, 6) is 1.64. The van der Waals surface area contributed by atoms with Crippen molar-refractivity contribution in [2.45, 2.75) is 0 Å². The number of methoxy groups -OCH3 is 2. The minimum Gasteiger partial charge on any atom is -0.497 e. The third-order valence-corrected chi connectivity index (χ3v) is 6.50. The number of aromatic nitrogens is 2. The number of benzene rings is 4. The van der Waals surface area contributed by atoms with Crippen LogP contribution in [0.1, 0.15) is 0 Å². The van der Waals surface area contributed by atoms with Gasteiger partial charge >= 0.3 is 0 Å². The Morgan fingerprint density at radius 3 is 1.72 bits per heavy atom. The van der Waals surface area contributed by atoms with Crippen LogP contribution in [-0.2, 0) is 0 Å². The van der Waals surface area contributed by atoms with Gasteiger partial charge in [-0.2, -0.15) is 0 Å². The maximum Gasteiger partial charge on any atom is 0.118 e. The standard InChI is InChI=1S/C32H24N2O2/c1-35-25-14-8-22(9-15-25)29-19-13-24-12-18-27-28(21-6-4-3-5-7-21)20-30(34-32(27)31(24)33-29)23-10-16-26(36-2)17-11-23/h3-20H,1-2H3. The quantitative estimate of drug-likeness (QED) is 0.242. The van der Waals surface area contributed by atoms with Gasteiger partial charge in [0.25, 0.3) is 0 Å². The molecular weight excluding hydrogens is 444 g/mol. The Morgan fingerprint density at radius 1 is 0.500 bits per heavy atom. The fraction of sp³-hybridized carbons (Fsp3) is 0.0625. The van der Waals surface area contributed by atoms with E-state index in [2.05, 4.69) is 54.6 Å². The van der Waals surface area contributed by atoms with Crippen LogP contribution in [0.2, 0.25) is 0 Å². The second-order valence-electron chi connectivity index (χ2n) is 8.61. The third-order valence-electron chi connectivity index (χ3n) is 6.50. The molecule has 174 valence electrons. The van der Waals surface area contributed by atoms with Crippen molar-refractivity contribution in [3.63, 3.8) is 0 Å². The second-order valence-corrected chi connectivity index (χ2v) is 8.61. The summed E-state index contributed by atoms with van der Waals surface area (Å²) in [6.45, 7) is 0. The van der Waals surface area contributed by atoms with Gasteiger partial charge in [-0.3, -0.25) is 0 Å². The average molecular weight is 469 g/mol. The Kier molecular flexibility index (Phi) is 5.55. The Balaban J connectivity index is 1.61. The number of rotatable bonds is 5. The van der Waals surface area contributed by atoms with Crippen LogP contribution >= 0.6 is 0 Å². The maximum absolute atomic E-state index is 5.36. The van der Waals surface area contributed by atoms with Gasteiger partial charge in [0, 0.05) is 21.9 Å². The van der Waals surface area contributed by atoms with Gasteiger partial charge in [0.15, 0.2) is 0 Å². The Labute approximate surface area is 209 Å². The van der Waals surface area contributed by atoms with Crippen LogP contribution in [0, 0.1) is 0 Å². The van der Waals surface area contributed by atoms with Crippen molar-refractivity contribution >= 4 is 21.8 Å². The van der Waals surface area contributed by atoms with E-state index in [1.165, 1.54) is 0 Å². The average Bonchev–Trinajstić information content (AvgIpc) is 2.96. The van der Waals surface area contributed by atoms with Crippen molar-refractivity contribution in [3.05, 3.63) is 109 Å². The molecule has 0 saturated heterocycles. The summed E-state index contributed by atoms with van der Waals surface area (Å²) < 4.78 is 10.7. The lowest BCUT2D eigenvalue weighted by atomic mass is 9.97. The van der Waals surface area contributed by atoms with Crippen molar-refractivity contribution in [1.29, 1.82) is 0 Å². The molecule has 0 aliphatic carbocycles. The summed E-state index contributed by atoms with van der Waals surface area (Å²) in [5.41, 5.74) is 7.89. The van der Waals surface area contributed by atoms with Crippen LogP contribution in [-0.4, -0.2) is 24.2 Å². The van der Waals surface area contributed by atoms with Crippen molar-refractivity contribution in [2.24, 2.45) is 0 Å². The lowest BCUT2D eigenvalue weighted by Gasteiger charge is -2.13. The monoisotopic (exact) mass is 468 g/mol.